The predicted octanol–water partition coefficient (Wildman–Crippen LogP) is 3.87. The van der Waals surface area contributed by atoms with Crippen LogP contribution in [0.2, 0.25) is 0 Å². The molecular formula is C17H12F4N2O2S. The Labute approximate surface area is 146 Å². The maximum absolute atomic E-state index is 13.4. The van der Waals surface area contributed by atoms with Crippen molar-refractivity contribution >= 4 is 20.8 Å². The molecule has 136 valence electrons. The molecule has 0 fully saturated rings. The minimum atomic E-state index is -4.72. The largest absolute Gasteiger partial charge is 0.416 e. The first kappa shape index (κ1) is 18.3. The molecule has 4 nitrogen and oxygen atoms in total. The summed E-state index contributed by atoms with van der Waals surface area (Å²) in [6.45, 7) is -0.482. The van der Waals surface area contributed by atoms with Crippen molar-refractivity contribution in [2.45, 2.75) is 17.6 Å². The molecule has 0 amide bonds. The zero-order valence-corrected chi connectivity index (χ0v) is 13.9. The van der Waals surface area contributed by atoms with Gasteiger partial charge in [0.1, 0.15) is 5.82 Å². The number of hydrogen-bond donors (Lipinski definition) is 1. The average Bonchev–Trinajstić information content (AvgIpc) is 2.58. The summed E-state index contributed by atoms with van der Waals surface area (Å²) in [7, 11) is -4.03. The molecule has 0 aliphatic heterocycles. The monoisotopic (exact) mass is 384 g/mol. The van der Waals surface area contributed by atoms with Gasteiger partial charge in [-0.3, -0.25) is 4.98 Å². The molecule has 0 saturated heterocycles. The van der Waals surface area contributed by atoms with Gasteiger partial charge in [0.2, 0.25) is 10.0 Å². The Bertz CT molecular complexity index is 1060. The fourth-order valence-electron chi connectivity index (χ4n) is 2.50. The molecule has 1 aromatic heterocycles. The topological polar surface area (TPSA) is 59.1 Å². The Balaban J connectivity index is 1.91. The summed E-state index contributed by atoms with van der Waals surface area (Å²) in [6, 6.07) is 8.02. The first-order chi connectivity index (χ1) is 12.2. The van der Waals surface area contributed by atoms with Crippen LogP contribution in [0.3, 0.4) is 0 Å². The first-order valence-electron chi connectivity index (χ1n) is 7.36. The zero-order chi connectivity index (χ0) is 18.9. The SMILES string of the molecule is O=S(=O)(NCc1cc(F)cc(C(F)(F)F)c1)c1cccc2cnccc12. The third-order valence-corrected chi connectivity index (χ3v) is 5.14. The van der Waals surface area contributed by atoms with Crippen LogP contribution in [0.1, 0.15) is 11.1 Å². The smallest absolute Gasteiger partial charge is 0.264 e. The summed E-state index contributed by atoms with van der Waals surface area (Å²) in [5.41, 5.74) is -1.31. The van der Waals surface area contributed by atoms with Gasteiger partial charge in [-0.25, -0.2) is 17.5 Å². The Morgan fingerprint density at radius 1 is 1.08 bits per heavy atom. The standard InChI is InChI=1S/C17H12F4N2O2S/c18-14-7-11(6-13(8-14)17(19,20)21)9-23-26(24,25)16-3-1-2-12-10-22-5-4-15(12)16/h1-8,10,23H,9H2. The number of fused-ring (bicyclic) bond motifs is 1. The highest BCUT2D eigenvalue weighted by molar-refractivity contribution is 7.89. The van der Waals surface area contributed by atoms with Gasteiger partial charge < -0.3 is 0 Å². The van der Waals surface area contributed by atoms with Crippen LogP contribution >= 0.6 is 0 Å². The molecule has 0 atom stereocenters. The molecule has 26 heavy (non-hydrogen) atoms. The lowest BCUT2D eigenvalue weighted by Crippen LogP contribution is -2.23. The van der Waals surface area contributed by atoms with Crippen molar-refractivity contribution in [2.75, 3.05) is 0 Å². The maximum Gasteiger partial charge on any atom is 0.416 e. The molecule has 0 aliphatic rings. The number of pyridine rings is 1. The maximum atomic E-state index is 13.4. The van der Waals surface area contributed by atoms with Crippen LogP contribution in [-0.4, -0.2) is 13.4 Å². The summed E-state index contributed by atoms with van der Waals surface area (Å²) in [4.78, 5) is 3.87. The second-order valence-electron chi connectivity index (χ2n) is 5.52. The first-order valence-corrected chi connectivity index (χ1v) is 8.84. The zero-order valence-electron chi connectivity index (χ0n) is 13.1. The normalized spacial score (nSPS) is 12.5. The summed E-state index contributed by atoms with van der Waals surface area (Å²) in [5.74, 6) is -1.09. The number of halogens is 4. The minimum absolute atomic E-state index is 0.0372. The highest BCUT2D eigenvalue weighted by Gasteiger charge is 2.31. The van der Waals surface area contributed by atoms with Crippen molar-refractivity contribution in [2.24, 2.45) is 0 Å². The van der Waals surface area contributed by atoms with Crippen molar-refractivity contribution in [3.63, 3.8) is 0 Å². The molecule has 0 unspecified atom stereocenters. The molecule has 3 rings (SSSR count). The average molecular weight is 384 g/mol. The number of aromatic nitrogens is 1. The van der Waals surface area contributed by atoms with Gasteiger partial charge in [-0.05, 0) is 35.9 Å². The lowest BCUT2D eigenvalue weighted by atomic mass is 10.1. The van der Waals surface area contributed by atoms with E-state index in [1.54, 1.807) is 6.07 Å². The van der Waals surface area contributed by atoms with Gasteiger partial charge in [-0.15, -0.1) is 0 Å². The number of benzene rings is 2. The minimum Gasteiger partial charge on any atom is -0.264 e. The van der Waals surface area contributed by atoms with E-state index in [1.807, 2.05) is 0 Å². The molecule has 1 heterocycles. The van der Waals surface area contributed by atoms with Crippen molar-refractivity contribution in [1.82, 2.24) is 9.71 Å². The molecule has 0 aliphatic carbocycles. The van der Waals surface area contributed by atoms with Gasteiger partial charge in [-0.1, -0.05) is 12.1 Å². The van der Waals surface area contributed by atoms with E-state index in [-0.39, 0.29) is 10.5 Å². The van der Waals surface area contributed by atoms with E-state index in [0.29, 0.717) is 22.9 Å². The number of sulfonamides is 1. The lowest BCUT2D eigenvalue weighted by Gasteiger charge is -2.12. The Morgan fingerprint density at radius 3 is 2.58 bits per heavy atom. The fraction of sp³-hybridized carbons (Fsp3) is 0.118. The third kappa shape index (κ3) is 3.83. The van der Waals surface area contributed by atoms with Crippen molar-refractivity contribution in [3.8, 4) is 0 Å². The van der Waals surface area contributed by atoms with E-state index in [0.717, 1.165) is 6.07 Å². The van der Waals surface area contributed by atoms with Gasteiger partial charge in [0.15, 0.2) is 0 Å². The van der Waals surface area contributed by atoms with Crippen molar-refractivity contribution in [3.05, 3.63) is 71.8 Å². The highest BCUT2D eigenvalue weighted by Crippen LogP contribution is 2.30. The molecule has 0 spiro atoms. The van der Waals surface area contributed by atoms with Gasteiger partial charge in [0.05, 0.1) is 10.5 Å². The number of nitrogens with one attached hydrogen (secondary N) is 1. The molecule has 0 radical (unpaired) electrons. The van der Waals surface area contributed by atoms with E-state index in [1.165, 1.54) is 30.6 Å². The second-order valence-corrected chi connectivity index (χ2v) is 7.26. The quantitative estimate of drug-likeness (QED) is 0.695. The molecule has 0 bridgehead atoms. The second kappa shape index (κ2) is 6.65. The molecule has 0 saturated carbocycles. The van der Waals surface area contributed by atoms with Crippen LogP contribution in [0.15, 0.2) is 59.8 Å². The summed E-state index contributed by atoms with van der Waals surface area (Å²) < 4.78 is 79.0. The van der Waals surface area contributed by atoms with Crippen LogP contribution in [0.4, 0.5) is 17.6 Å². The lowest BCUT2D eigenvalue weighted by molar-refractivity contribution is -0.137. The van der Waals surface area contributed by atoms with E-state index >= 15 is 0 Å². The van der Waals surface area contributed by atoms with E-state index in [4.69, 9.17) is 0 Å². The number of nitrogens with zero attached hydrogens (tertiary/aromatic N) is 1. The van der Waals surface area contributed by atoms with Crippen LogP contribution in [0.25, 0.3) is 10.8 Å². The fourth-order valence-corrected chi connectivity index (χ4v) is 3.74. The Kier molecular flexibility index (Phi) is 4.68. The molecule has 1 N–H and O–H groups in total. The van der Waals surface area contributed by atoms with Crippen molar-refractivity contribution < 1.29 is 26.0 Å². The number of hydrogen-bond acceptors (Lipinski definition) is 3. The predicted molar refractivity (Wildman–Crippen MR) is 87.2 cm³/mol. The summed E-state index contributed by atoms with van der Waals surface area (Å²) in [6.07, 6.45) is -1.79. The highest BCUT2D eigenvalue weighted by atomic mass is 32.2. The van der Waals surface area contributed by atoms with Gasteiger partial charge in [0.25, 0.3) is 0 Å². The van der Waals surface area contributed by atoms with Crippen LogP contribution < -0.4 is 4.72 Å². The van der Waals surface area contributed by atoms with Gasteiger partial charge >= 0.3 is 6.18 Å². The molecule has 2 aromatic carbocycles. The van der Waals surface area contributed by atoms with E-state index in [2.05, 4.69) is 9.71 Å². The Hall–Kier alpha value is -2.52. The van der Waals surface area contributed by atoms with Crippen LogP contribution in [-0.2, 0) is 22.7 Å². The Morgan fingerprint density at radius 2 is 1.85 bits per heavy atom. The molecule has 9 heteroatoms. The molecular weight excluding hydrogens is 372 g/mol. The van der Waals surface area contributed by atoms with E-state index in [9.17, 15) is 26.0 Å². The van der Waals surface area contributed by atoms with Crippen LogP contribution in [0.5, 0.6) is 0 Å². The molecule has 3 aromatic rings. The van der Waals surface area contributed by atoms with Crippen LogP contribution in [0, 0.1) is 5.82 Å². The van der Waals surface area contributed by atoms with E-state index < -0.39 is 34.1 Å². The number of rotatable bonds is 4. The number of alkyl halides is 3. The van der Waals surface area contributed by atoms with Gasteiger partial charge in [-0.2, -0.15) is 13.2 Å². The van der Waals surface area contributed by atoms with Crippen molar-refractivity contribution in [1.29, 1.82) is 0 Å². The third-order valence-electron chi connectivity index (χ3n) is 3.68. The summed E-state index contributed by atoms with van der Waals surface area (Å²) in [5, 5.41) is 1.02. The van der Waals surface area contributed by atoms with Gasteiger partial charge in [0, 0.05) is 29.7 Å². The summed E-state index contributed by atoms with van der Waals surface area (Å²) >= 11 is 0.